The zero-order chi connectivity index (χ0) is 14.9. The van der Waals surface area contributed by atoms with Gasteiger partial charge in [-0.25, -0.2) is 9.78 Å². The summed E-state index contributed by atoms with van der Waals surface area (Å²) in [5.41, 5.74) is 1.61. The van der Waals surface area contributed by atoms with E-state index in [2.05, 4.69) is 23.9 Å². The first-order valence-electron chi connectivity index (χ1n) is 6.67. The van der Waals surface area contributed by atoms with Crippen LogP contribution in [0.4, 0.5) is 5.69 Å². The van der Waals surface area contributed by atoms with Crippen molar-refractivity contribution in [3.05, 3.63) is 18.0 Å². The molecule has 2 aromatic heterocycles. The molecule has 6 nitrogen and oxygen atoms in total. The molecule has 108 valence electrons. The zero-order valence-corrected chi connectivity index (χ0v) is 12.3. The Labute approximate surface area is 118 Å². The molecule has 0 atom stereocenters. The molecule has 1 N–H and O–H groups in total. The van der Waals surface area contributed by atoms with Crippen molar-refractivity contribution >= 4 is 22.7 Å². The van der Waals surface area contributed by atoms with Crippen LogP contribution in [0.5, 0.6) is 0 Å². The van der Waals surface area contributed by atoms with Crippen LogP contribution in [-0.2, 0) is 7.05 Å². The second-order valence-electron chi connectivity index (χ2n) is 5.44. The molecule has 20 heavy (non-hydrogen) atoms. The van der Waals surface area contributed by atoms with Gasteiger partial charge in [0.2, 0.25) is 0 Å². The fourth-order valence-electron chi connectivity index (χ4n) is 2.21. The second-order valence-corrected chi connectivity index (χ2v) is 5.44. The fourth-order valence-corrected chi connectivity index (χ4v) is 2.21. The highest BCUT2D eigenvalue weighted by Gasteiger charge is 2.19. The molecule has 0 saturated heterocycles. The van der Waals surface area contributed by atoms with Gasteiger partial charge in [-0.3, -0.25) is 4.68 Å². The van der Waals surface area contributed by atoms with E-state index in [9.17, 15) is 9.90 Å². The first kappa shape index (κ1) is 14.3. The number of anilines is 1. The minimum absolute atomic E-state index is 0.219. The molecule has 0 aromatic carbocycles. The van der Waals surface area contributed by atoms with E-state index in [1.54, 1.807) is 17.9 Å². The van der Waals surface area contributed by atoms with E-state index in [4.69, 9.17) is 0 Å². The topological polar surface area (TPSA) is 71.2 Å². The summed E-state index contributed by atoms with van der Waals surface area (Å²) in [7, 11) is 3.71. The van der Waals surface area contributed by atoms with Crippen LogP contribution < -0.4 is 4.90 Å². The van der Waals surface area contributed by atoms with Crippen molar-refractivity contribution in [1.29, 1.82) is 0 Å². The summed E-state index contributed by atoms with van der Waals surface area (Å²) in [5.74, 6) is -0.397. The van der Waals surface area contributed by atoms with Crippen LogP contribution in [0.3, 0.4) is 0 Å². The number of hydrogen-bond donors (Lipinski definition) is 1. The lowest BCUT2D eigenvalue weighted by molar-refractivity contribution is 0.0697. The van der Waals surface area contributed by atoms with Crippen molar-refractivity contribution in [2.45, 2.75) is 20.3 Å². The maximum atomic E-state index is 11.4. The van der Waals surface area contributed by atoms with Crippen molar-refractivity contribution in [3.63, 3.8) is 0 Å². The van der Waals surface area contributed by atoms with E-state index in [1.165, 1.54) is 6.20 Å². The molecule has 6 heteroatoms. The SMILES string of the molecule is CC(C)CCN(C)c1c(C(=O)O)cnc2c1cnn2C. The number of fused-ring (bicyclic) bond motifs is 1. The molecule has 0 unspecified atom stereocenters. The molecular weight excluding hydrogens is 256 g/mol. The van der Waals surface area contributed by atoms with Crippen LogP contribution in [0.15, 0.2) is 12.4 Å². The van der Waals surface area contributed by atoms with Crippen LogP contribution in [0.2, 0.25) is 0 Å². The lowest BCUT2D eigenvalue weighted by Crippen LogP contribution is -2.23. The monoisotopic (exact) mass is 276 g/mol. The van der Waals surface area contributed by atoms with E-state index in [1.807, 2.05) is 11.9 Å². The Morgan fingerprint density at radius 2 is 2.15 bits per heavy atom. The van der Waals surface area contributed by atoms with Gasteiger partial charge in [0.05, 0.1) is 17.3 Å². The molecule has 0 aliphatic rings. The van der Waals surface area contributed by atoms with E-state index in [-0.39, 0.29) is 5.56 Å². The largest absolute Gasteiger partial charge is 0.478 e. The van der Waals surface area contributed by atoms with Gasteiger partial charge in [0.1, 0.15) is 5.56 Å². The van der Waals surface area contributed by atoms with Crippen LogP contribution in [0.25, 0.3) is 11.0 Å². The number of hydrogen-bond acceptors (Lipinski definition) is 4. The van der Waals surface area contributed by atoms with Crippen molar-refractivity contribution in [1.82, 2.24) is 14.8 Å². The molecule has 0 aliphatic carbocycles. The van der Waals surface area contributed by atoms with Crippen LogP contribution in [-0.4, -0.2) is 39.4 Å². The Kier molecular flexibility index (Phi) is 3.92. The van der Waals surface area contributed by atoms with Gasteiger partial charge in [-0.1, -0.05) is 13.8 Å². The molecule has 2 heterocycles. The lowest BCUT2D eigenvalue weighted by Gasteiger charge is -2.22. The molecule has 0 radical (unpaired) electrons. The molecule has 0 aliphatic heterocycles. The minimum Gasteiger partial charge on any atom is -0.478 e. The molecule has 0 bridgehead atoms. The first-order chi connectivity index (χ1) is 9.41. The summed E-state index contributed by atoms with van der Waals surface area (Å²) >= 11 is 0. The third kappa shape index (κ3) is 2.59. The average Bonchev–Trinajstić information content (AvgIpc) is 2.76. The highest BCUT2D eigenvalue weighted by Crippen LogP contribution is 2.29. The smallest absolute Gasteiger partial charge is 0.339 e. The van der Waals surface area contributed by atoms with Crippen molar-refractivity contribution in [2.75, 3.05) is 18.5 Å². The third-order valence-electron chi connectivity index (χ3n) is 3.39. The molecule has 0 spiro atoms. The Balaban J connectivity index is 2.51. The number of aromatic carboxylic acids is 1. The number of rotatable bonds is 5. The first-order valence-corrected chi connectivity index (χ1v) is 6.67. The quantitative estimate of drug-likeness (QED) is 0.906. The van der Waals surface area contributed by atoms with Gasteiger partial charge in [-0.2, -0.15) is 5.10 Å². The van der Waals surface area contributed by atoms with Gasteiger partial charge in [0.25, 0.3) is 0 Å². The Morgan fingerprint density at radius 3 is 2.75 bits per heavy atom. The summed E-state index contributed by atoms with van der Waals surface area (Å²) in [6.45, 7) is 5.10. The maximum absolute atomic E-state index is 11.4. The maximum Gasteiger partial charge on any atom is 0.339 e. The number of aryl methyl sites for hydroxylation is 1. The summed E-state index contributed by atoms with van der Waals surface area (Å²) in [4.78, 5) is 17.6. The summed E-state index contributed by atoms with van der Waals surface area (Å²) < 4.78 is 1.65. The Bertz CT molecular complexity index is 633. The number of nitrogens with zero attached hydrogens (tertiary/aromatic N) is 4. The molecule has 0 saturated carbocycles. The Morgan fingerprint density at radius 1 is 1.45 bits per heavy atom. The minimum atomic E-state index is -0.963. The predicted molar refractivity (Wildman–Crippen MR) is 78.2 cm³/mol. The van der Waals surface area contributed by atoms with E-state index < -0.39 is 5.97 Å². The van der Waals surface area contributed by atoms with Crippen molar-refractivity contribution in [3.8, 4) is 0 Å². The van der Waals surface area contributed by atoms with Gasteiger partial charge in [0, 0.05) is 26.8 Å². The van der Waals surface area contributed by atoms with E-state index in [0.29, 0.717) is 17.3 Å². The van der Waals surface area contributed by atoms with Crippen LogP contribution >= 0.6 is 0 Å². The van der Waals surface area contributed by atoms with Gasteiger partial charge < -0.3 is 10.0 Å². The summed E-state index contributed by atoms with van der Waals surface area (Å²) in [6, 6.07) is 0. The van der Waals surface area contributed by atoms with Gasteiger partial charge in [-0.15, -0.1) is 0 Å². The second kappa shape index (κ2) is 5.48. The standard InChI is InChI=1S/C14H20N4O2/c1-9(2)5-6-17(3)12-10-8-16-18(4)13(10)15-7-11(12)14(19)20/h7-9H,5-6H2,1-4H3,(H,19,20). The molecule has 2 aromatic rings. The molecular formula is C14H20N4O2. The number of aromatic nitrogens is 3. The average molecular weight is 276 g/mol. The van der Waals surface area contributed by atoms with Crippen LogP contribution in [0, 0.1) is 5.92 Å². The molecule has 0 fully saturated rings. The van der Waals surface area contributed by atoms with Gasteiger partial charge in [-0.05, 0) is 12.3 Å². The number of carbonyl (C=O) groups is 1. The fraction of sp³-hybridized carbons (Fsp3) is 0.500. The van der Waals surface area contributed by atoms with Crippen molar-refractivity contribution in [2.24, 2.45) is 13.0 Å². The molecule has 0 amide bonds. The summed E-state index contributed by atoms with van der Waals surface area (Å²) in [6.07, 6.45) is 4.09. The van der Waals surface area contributed by atoms with Gasteiger partial charge in [0.15, 0.2) is 5.65 Å². The van der Waals surface area contributed by atoms with E-state index in [0.717, 1.165) is 18.4 Å². The summed E-state index contributed by atoms with van der Waals surface area (Å²) in [5, 5.41) is 14.3. The Hall–Kier alpha value is -2.11. The predicted octanol–water partition coefficient (Wildman–Crippen LogP) is 2.15. The number of pyridine rings is 1. The van der Waals surface area contributed by atoms with E-state index >= 15 is 0 Å². The number of carboxylic acid groups (broad SMARTS) is 1. The third-order valence-corrected chi connectivity index (χ3v) is 3.39. The lowest BCUT2D eigenvalue weighted by atomic mass is 10.1. The van der Waals surface area contributed by atoms with Crippen LogP contribution in [0.1, 0.15) is 30.6 Å². The normalized spacial score (nSPS) is 11.2. The van der Waals surface area contributed by atoms with Crippen molar-refractivity contribution < 1.29 is 9.90 Å². The zero-order valence-electron chi connectivity index (χ0n) is 12.3. The highest BCUT2D eigenvalue weighted by atomic mass is 16.4. The highest BCUT2D eigenvalue weighted by molar-refractivity contribution is 6.03. The molecule has 2 rings (SSSR count). The van der Waals surface area contributed by atoms with Gasteiger partial charge >= 0.3 is 5.97 Å². The number of carboxylic acids is 1.